The normalized spacial score (nSPS) is 11.2. The number of hydrogen-bond donors (Lipinski definition) is 2. The van der Waals surface area contributed by atoms with Gasteiger partial charge in [0.15, 0.2) is 0 Å². The van der Waals surface area contributed by atoms with Crippen molar-refractivity contribution in [2.24, 2.45) is 0 Å². The maximum absolute atomic E-state index is 12.9. The van der Waals surface area contributed by atoms with E-state index in [0.29, 0.717) is 22.6 Å². The number of hydrogen-bond acceptors (Lipinski definition) is 6. The second-order valence-electron chi connectivity index (χ2n) is 6.12. The summed E-state index contributed by atoms with van der Waals surface area (Å²) >= 11 is 1.46. The number of carboxylic acids is 1. The Morgan fingerprint density at radius 2 is 2.04 bits per heavy atom. The van der Waals surface area contributed by atoms with Crippen LogP contribution in [0.5, 0.6) is 5.75 Å². The number of carbonyl (C=O) groups is 1. The molecule has 0 saturated heterocycles. The van der Waals surface area contributed by atoms with Crippen LogP contribution >= 0.6 is 11.3 Å². The van der Waals surface area contributed by atoms with E-state index < -0.39 is 16.0 Å². The Morgan fingerprint density at radius 1 is 1.25 bits per heavy atom. The van der Waals surface area contributed by atoms with Crippen LogP contribution in [0.1, 0.15) is 27.2 Å². The lowest BCUT2D eigenvalue weighted by atomic mass is 10.1. The summed E-state index contributed by atoms with van der Waals surface area (Å²) in [5.74, 6) is -0.697. The number of aryl methyl sites for hydroxylation is 1. The van der Waals surface area contributed by atoms with Crippen LogP contribution in [-0.4, -0.2) is 24.5 Å². The predicted octanol–water partition coefficient (Wildman–Crippen LogP) is 3.84. The Morgan fingerprint density at radius 3 is 2.71 bits per heavy atom. The van der Waals surface area contributed by atoms with Crippen LogP contribution in [0.15, 0.2) is 52.2 Å². The molecule has 2 aromatic carbocycles. The summed E-state index contributed by atoms with van der Waals surface area (Å²) in [4.78, 5) is 15.3. The molecule has 0 saturated carbocycles. The van der Waals surface area contributed by atoms with Gasteiger partial charge < -0.3 is 9.84 Å². The Hall–Kier alpha value is -2.91. The number of benzene rings is 2. The molecule has 0 aliphatic heterocycles. The van der Waals surface area contributed by atoms with Gasteiger partial charge in [-0.1, -0.05) is 6.07 Å². The van der Waals surface area contributed by atoms with Crippen LogP contribution in [-0.2, 0) is 16.6 Å². The molecule has 0 radical (unpaired) electrons. The van der Waals surface area contributed by atoms with E-state index in [-0.39, 0.29) is 17.1 Å². The van der Waals surface area contributed by atoms with Gasteiger partial charge in [0.2, 0.25) is 0 Å². The number of ether oxygens (including phenoxy) is 1. The van der Waals surface area contributed by atoms with Crippen LogP contribution in [0.4, 0.5) is 5.69 Å². The number of nitrogens with one attached hydrogen (secondary N) is 1. The summed E-state index contributed by atoms with van der Waals surface area (Å²) in [5.41, 5.74) is 3.80. The van der Waals surface area contributed by atoms with Gasteiger partial charge in [0.05, 0.1) is 27.4 Å². The van der Waals surface area contributed by atoms with E-state index in [0.717, 1.165) is 11.8 Å². The molecule has 0 bridgehead atoms. The molecule has 3 aromatic rings. The van der Waals surface area contributed by atoms with Crippen molar-refractivity contribution >= 4 is 33.0 Å². The van der Waals surface area contributed by atoms with Crippen molar-refractivity contribution in [1.29, 1.82) is 0 Å². The van der Waals surface area contributed by atoms with E-state index >= 15 is 0 Å². The van der Waals surface area contributed by atoms with Crippen molar-refractivity contribution in [1.82, 2.24) is 4.98 Å². The molecule has 146 valence electrons. The summed E-state index contributed by atoms with van der Waals surface area (Å²) in [5, 5.41) is 11.1. The number of aromatic carboxylic acids is 1. The zero-order valence-electron chi connectivity index (χ0n) is 15.2. The van der Waals surface area contributed by atoms with E-state index in [1.54, 1.807) is 43.6 Å². The highest BCUT2D eigenvalue weighted by Crippen LogP contribution is 2.25. The van der Waals surface area contributed by atoms with E-state index in [9.17, 15) is 18.3 Å². The molecule has 28 heavy (non-hydrogen) atoms. The Bertz CT molecular complexity index is 1110. The minimum Gasteiger partial charge on any atom is -0.487 e. The molecule has 9 heteroatoms. The molecule has 0 unspecified atom stereocenters. The van der Waals surface area contributed by atoms with Crippen LogP contribution in [0.3, 0.4) is 0 Å². The third-order valence-corrected chi connectivity index (χ3v) is 6.26. The van der Waals surface area contributed by atoms with Crippen molar-refractivity contribution in [2.45, 2.75) is 25.3 Å². The maximum atomic E-state index is 12.9. The fourth-order valence-corrected chi connectivity index (χ4v) is 4.49. The standard InChI is InChI=1S/C19H18N2O5S2/c1-12-6-14(19(22)23)7-18(13(12)2)28(24,25)21-15-4-3-5-17(8-15)26-9-16-10-27-11-20-16/h3-8,10-11,21H,9H2,1-2H3,(H,22,23). The minimum absolute atomic E-state index is 0.0707. The van der Waals surface area contributed by atoms with E-state index in [2.05, 4.69) is 9.71 Å². The molecule has 1 aromatic heterocycles. The predicted molar refractivity (Wildman–Crippen MR) is 107 cm³/mol. The molecule has 0 spiro atoms. The summed E-state index contributed by atoms with van der Waals surface area (Å²) in [6.45, 7) is 3.59. The first-order valence-corrected chi connectivity index (χ1v) is 10.7. The second kappa shape index (κ2) is 7.99. The molecule has 0 fully saturated rings. The first kappa shape index (κ1) is 19.8. The average Bonchev–Trinajstić information content (AvgIpc) is 3.15. The van der Waals surface area contributed by atoms with Gasteiger partial charge in [-0.25, -0.2) is 18.2 Å². The first-order valence-electron chi connectivity index (χ1n) is 8.23. The SMILES string of the molecule is Cc1cc(C(=O)O)cc(S(=O)(=O)Nc2cccc(OCc3cscn3)c2)c1C. The van der Waals surface area contributed by atoms with Gasteiger partial charge in [-0.2, -0.15) is 0 Å². The molecule has 2 N–H and O–H groups in total. The van der Waals surface area contributed by atoms with E-state index in [1.807, 2.05) is 5.38 Å². The lowest BCUT2D eigenvalue weighted by Crippen LogP contribution is -2.16. The number of thiazole rings is 1. The summed E-state index contributed by atoms with van der Waals surface area (Å²) in [7, 11) is -3.98. The number of aromatic nitrogens is 1. The van der Waals surface area contributed by atoms with Gasteiger partial charge >= 0.3 is 5.97 Å². The zero-order chi connectivity index (χ0) is 20.3. The Balaban J connectivity index is 1.85. The highest BCUT2D eigenvalue weighted by molar-refractivity contribution is 7.92. The van der Waals surface area contributed by atoms with Gasteiger partial charge in [-0.3, -0.25) is 4.72 Å². The maximum Gasteiger partial charge on any atom is 0.335 e. The smallest absolute Gasteiger partial charge is 0.335 e. The molecule has 0 aliphatic rings. The van der Waals surface area contributed by atoms with Crippen molar-refractivity contribution in [2.75, 3.05) is 4.72 Å². The molecule has 3 rings (SSSR count). The second-order valence-corrected chi connectivity index (χ2v) is 8.49. The van der Waals surface area contributed by atoms with E-state index in [1.165, 1.54) is 17.4 Å². The quantitative estimate of drug-likeness (QED) is 0.604. The highest BCUT2D eigenvalue weighted by atomic mass is 32.2. The Kier molecular flexibility index (Phi) is 5.66. The van der Waals surface area contributed by atoms with Crippen LogP contribution in [0.2, 0.25) is 0 Å². The molecule has 0 aliphatic carbocycles. The molecular weight excluding hydrogens is 400 g/mol. The number of rotatable bonds is 7. The third-order valence-electron chi connectivity index (χ3n) is 4.11. The van der Waals surface area contributed by atoms with Gasteiger partial charge in [-0.05, 0) is 49.2 Å². The summed E-state index contributed by atoms with van der Waals surface area (Å²) < 4.78 is 33.8. The van der Waals surface area contributed by atoms with Gasteiger partial charge in [0.1, 0.15) is 12.4 Å². The van der Waals surface area contributed by atoms with Crippen molar-refractivity contribution < 1.29 is 23.1 Å². The summed E-state index contributed by atoms with van der Waals surface area (Å²) in [6, 6.07) is 9.15. The van der Waals surface area contributed by atoms with Crippen LogP contribution in [0.25, 0.3) is 0 Å². The minimum atomic E-state index is -3.98. The fraction of sp³-hybridized carbons (Fsp3) is 0.158. The van der Waals surface area contributed by atoms with Crippen LogP contribution < -0.4 is 9.46 Å². The van der Waals surface area contributed by atoms with Gasteiger partial charge in [-0.15, -0.1) is 11.3 Å². The summed E-state index contributed by atoms with van der Waals surface area (Å²) in [6.07, 6.45) is 0. The van der Waals surface area contributed by atoms with Crippen molar-refractivity contribution in [3.05, 3.63) is 69.7 Å². The van der Waals surface area contributed by atoms with Crippen molar-refractivity contribution in [3.63, 3.8) is 0 Å². The first-order chi connectivity index (χ1) is 13.3. The number of sulfonamides is 1. The number of anilines is 1. The zero-order valence-corrected chi connectivity index (χ0v) is 16.8. The molecule has 7 nitrogen and oxygen atoms in total. The van der Waals surface area contributed by atoms with Crippen LogP contribution in [0, 0.1) is 13.8 Å². The monoisotopic (exact) mass is 418 g/mol. The van der Waals surface area contributed by atoms with Gasteiger partial charge in [0.25, 0.3) is 10.0 Å². The topological polar surface area (TPSA) is 106 Å². The fourth-order valence-electron chi connectivity index (χ4n) is 2.56. The molecular formula is C19H18N2O5S2. The lowest BCUT2D eigenvalue weighted by molar-refractivity contribution is 0.0696. The number of nitrogens with zero attached hydrogens (tertiary/aromatic N) is 1. The highest BCUT2D eigenvalue weighted by Gasteiger charge is 2.21. The van der Waals surface area contributed by atoms with E-state index in [4.69, 9.17) is 4.74 Å². The molecule has 0 amide bonds. The lowest BCUT2D eigenvalue weighted by Gasteiger charge is -2.14. The Labute approximate surface area is 166 Å². The van der Waals surface area contributed by atoms with Gasteiger partial charge in [0, 0.05) is 11.4 Å². The third kappa shape index (κ3) is 4.49. The largest absolute Gasteiger partial charge is 0.487 e. The van der Waals surface area contributed by atoms with Crippen molar-refractivity contribution in [3.8, 4) is 5.75 Å². The molecule has 1 heterocycles. The molecule has 0 atom stereocenters. The average molecular weight is 418 g/mol. The number of carboxylic acid groups (broad SMARTS) is 1.